The van der Waals surface area contributed by atoms with Gasteiger partial charge in [-0.1, -0.05) is 36.4 Å². The van der Waals surface area contributed by atoms with Crippen LogP contribution in [-0.2, 0) is 9.53 Å². The zero-order chi connectivity index (χ0) is 26.8. The fourth-order valence-electron chi connectivity index (χ4n) is 5.06. The third kappa shape index (κ3) is 8.78. The Hall–Kier alpha value is -3.06. The van der Waals surface area contributed by atoms with Crippen molar-refractivity contribution < 1.29 is 28.9 Å². The van der Waals surface area contributed by atoms with E-state index < -0.39 is 5.60 Å². The van der Waals surface area contributed by atoms with Gasteiger partial charge in [-0.2, -0.15) is 0 Å². The van der Waals surface area contributed by atoms with Crippen LogP contribution >= 0.6 is 0 Å². The Morgan fingerprint density at radius 1 is 0.973 bits per heavy atom. The van der Waals surface area contributed by atoms with Crippen LogP contribution in [0.15, 0.2) is 48.5 Å². The van der Waals surface area contributed by atoms with E-state index >= 15 is 0 Å². The number of rotatable bonds is 7. The maximum Gasteiger partial charge on any atom is 0.407 e. The topological polar surface area (TPSA) is 94.1 Å². The van der Waals surface area contributed by atoms with Crippen LogP contribution < -0.4 is 14.8 Å². The summed E-state index contributed by atoms with van der Waals surface area (Å²) in [5, 5.41) is 11.9. The molecule has 2 aliphatic carbocycles. The van der Waals surface area contributed by atoms with Gasteiger partial charge >= 0.3 is 6.09 Å². The summed E-state index contributed by atoms with van der Waals surface area (Å²) in [6, 6.07) is 16.0. The number of ether oxygens (including phenoxy) is 3. The van der Waals surface area contributed by atoms with Crippen LogP contribution in [-0.4, -0.2) is 48.9 Å². The molecule has 0 bridgehead atoms. The lowest BCUT2D eigenvalue weighted by molar-refractivity contribution is -0.117. The number of hydrogen-bond donors (Lipinski definition) is 2. The minimum atomic E-state index is -0.479. The molecular formula is C30H41NO6. The van der Waals surface area contributed by atoms with E-state index in [0.29, 0.717) is 30.6 Å². The van der Waals surface area contributed by atoms with Gasteiger partial charge in [0, 0.05) is 18.9 Å². The van der Waals surface area contributed by atoms with Crippen molar-refractivity contribution in [1.29, 1.82) is 0 Å². The fraction of sp³-hybridized carbons (Fsp3) is 0.533. The highest BCUT2D eigenvalue weighted by atomic mass is 16.6. The highest BCUT2D eigenvalue weighted by Crippen LogP contribution is 2.39. The van der Waals surface area contributed by atoms with Crippen LogP contribution in [0.3, 0.4) is 0 Å². The molecule has 7 nitrogen and oxygen atoms in total. The van der Waals surface area contributed by atoms with Gasteiger partial charge in [-0.3, -0.25) is 4.79 Å². The highest BCUT2D eigenvalue weighted by Gasteiger charge is 2.30. The molecule has 2 N–H and O–H groups in total. The summed E-state index contributed by atoms with van der Waals surface area (Å²) in [7, 11) is 1.68. The second kappa shape index (κ2) is 13.5. The van der Waals surface area contributed by atoms with Crippen LogP contribution in [0.2, 0.25) is 0 Å². The summed E-state index contributed by atoms with van der Waals surface area (Å²) < 4.78 is 16.2. The first-order chi connectivity index (χ1) is 17.7. The second-order valence-electron chi connectivity index (χ2n) is 10.7. The van der Waals surface area contributed by atoms with Crippen molar-refractivity contribution in [3.05, 3.63) is 59.7 Å². The lowest BCUT2D eigenvalue weighted by Gasteiger charge is -2.22. The molecule has 0 aromatic heterocycles. The van der Waals surface area contributed by atoms with Crippen LogP contribution in [0.5, 0.6) is 11.5 Å². The van der Waals surface area contributed by atoms with Crippen LogP contribution in [0, 0.1) is 0 Å². The summed E-state index contributed by atoms with van der Waals surface area (Å²) in [5.74, 6) is 2.83. The smallest absolute Gasteiger partial charge is 0.407 e. The van der Waals surface area contributed by atoms with Gasteiger partial charge in [0.2, 0.25) is 0 Å². The van der Waals surface area contributed by atoms with Gasteiger partial charge in [0.15, 0.2) is 0 Å². The first kappa shape index (κ1) is 28.5. The Morgan fingerprint density at radius 3 is 2.22 bits per heavy atom. The molecule has 1 unspecified atom stereocenters. The first-order valence-electron chi connectivity index (χ1n) is 13.2. The average molecular weight is 512 g/mol. The molecule has 3 atom stereocenters. The van der Waals surface area contributed by atoms with Gasteiger partial charge in [0.1, 0.15) is 29.5 Å². The number of methoxy groups -OCH3 is 1. The van der Waals surface area contributed by atoms with Gasteiger partial charge < -0.3 is 24.6 Å². The van der Waals surface area contributed by atoms with E-state index in [2.05, 4.69) is 17.4 Å². The maximum absolute atomic E-state index is 11.9. The summed E-state index contributed by atoms with van der Waals surface area (Å²) >= 11 is 0. The Balaban J connectivity index is 0.000000231. The molecule has 0 heterocycles. The normalized spacial score (nSPS) is 21.1. The highest BCUT2D eigenvalue weighted by molar-refractivity contribution is 5.81. The minimum absolute atomic E-state index is 0.00181. The molecule has 4 rings (SSSR count). The summed E-state index contributed by atoms with van der Waals surface area (Å²) in [4.78, 5) is 23.1. The molecule has 37 heavy (non-hydrogen) atoms. The predicted octanol–water partition coefficient (Wildman–Crippen LogP) is 5.75. The van der Waals surface area contributed by atoms with Gasteiger partial charge in [0.05, 0.1) is 13.7 Å². The van der Waals surface area contributed by atoms with Gasteiger partial charge in [0.25, 0.3) is 0 Å². The second-order valence-corrected chi connectivity index (χ2v) is 10.7. The van der Waals surface area contributed by atoms with Crippen LogP contribution in [0.25, 0.3) is 0 Å². The van der Waals surface area contributed by atoms with Crippen molar-refractivity contribution in [2.75, 3.05) is 20.3 Å². The lowest BCUT2D eigenvalue weighted by Crippen LogP contribution is -2.37. The van der Waals surface area contributed by atoms with Gasteiger partial charge in [-0.05, 0) is 81.5 Å². The number of Topliss-reactive ketones (excluding diaryl/α,β-unsaturated/α-hetero) is 1. The van der Waals surface area contributed by atoms with Crippen molar-refractivity contribution in [1.82, 2.24) is 5.32 Å². The number of benzene rings is 2. The van der Waals surface area contributed by atoms with Gasteiger partial charge in [-0.15, -0.1) is 0 Å². The fourth-order valence-corrected chi connectivity index (χ4v) is 5.06. The van der Waals surface area contributed by atoms with Crippen LogP contribution in [0.1, 0.15) is 82.3 Å². The number of nitrogens with one attached hydrogen (secondary N) is 1. The molecule has 2 saturated carbocycles. The Morgan fingerprint density at radius 2 is 1.62 bits per heavy atom. The van der Waals surface area contributed by atoms with Gasteiger partial charge in [-0.25, -0.2) is 4.79 Å². The van der Waals surface area contributed by atoms with E-state index in [9.17, 15) is 9.59 Å². The number of aliphatic hydroxyl groups excluding tert-OH is 1. The average Bonchev–Trinajstić information content (AvgIpc) is 3.51. The summed E-state index contributed by atoms with van der Waals surface area (Å²) in [5.41, 5.74) is 1.85. The quantitative estimate of drug-likeness (QED) is 0.492. The molecule has 0 radical (unpaired) electrons. The zero-order valence-corrected chi connectivity index (χ0v) is 22.5. The molecule has 2 aliphatic rings. The van der Waals surface area contributed by atoms with Crippen molar-refractivity contribution in [2.45, 2.75) is 82.8 Å². The summed E-state index contributed by atoms with van der Waals surface area (Å²) in [6.07, 6.45) is 4.83. The molecule has 1 amide bonds. The molecule has 2 aromatic carbocycles. The molecular weight excluding hydrogens is 470 g/mol. The standard InChI is InChI=1S/C18H27NO4.C12H14O2/c1-18(2,3)23-17(21)19-14-9-8-13(12-14)15-6-4-5-7-16(15)22-11-10-20;1-14-12-5-3-2-4-11(12)9-6-7-10(13)8-9/h4-7,13-14,20H,8-12H2,1-3H3,(H,19,21);2-5,9H,6-8H2,1H3/t13-,14-;/m0./s1. The molecule has 0 spiro atoms. The SMILES string of the molecule is CC(C)(C)OC(=O)N[C@H]1CC[C@H](c2ccccc2OCCO)C1.COc1ccccc1C1CCC(=O)C1. The number of carbonyl (C=O) groups is 2. The largest absolute Gasteiger partial charge is 0.496 e. The predicted molar refractivity (Wildman–Crippen MR) is 143 cm³/mol. The number of carbonyl (C=O) groups excluding carboxylic acids is 2. The van der Waals surface area contributed by atoms with Crippen LogP contribution in [0.4, 0.5) is 4.79 Å². The Bertz CT molecular complexity index is 1030. The number of para-hydroxylation sites is 2. The molecule has 2 fully saturated rings. The van der Waals surface area contributed by atoms with E-state index in [1.165, 1.54) is 5.56 Å². The van der Waals surface area contributed by atoms with Crippen molar-refractivity contribution in [3.8, 4) is 11.5 Å². The van der Waals surface area contributed by atoms with E-state index in [1.807, 2.05) is 57.2 Å². The number of alkyl carbamates (subject to hydrolysis) is 1. The zero-order valence-electron chi connectivity index (χ0n) is 22.5. The molecule has 2 aromatic rings. The van der Waals surface area contributed by atoms with Crippen molar-refractivity contribution in [3.63, 3.8) is 0 Å². The third-order valence-corrected chi connectivity index (χ3v) is 6.69. The maximum atomic E-state index is 11.9. The molecule has 0 aliphatic heterocycles. The molecule has 7 heteroatoms. The minimum Gasteiger partial charge on any atom is -0.496 e. The van der Waals surface area contributed by atoms with E-state index in [1.54, 1.807) is 7.11 Å². The van der Waals surface area contributed by atoms with E-state index in [4.69, 9.17) is 19.3 Å². The number of ketones is 1. The van der Waals surface area contributed by atoms with E-state index in [0.717, 1.165) is 49.2 Å². The van der Waals surface area contributed by atoms with E-state index in [-0.39, 0.29) is 18.7 Å². The van der Waals surface area contributed by atoms with Crippen molar-refractivity contribution in [2.24, 2.45) is 0 Å². The molecule has 202 valence electrons. The number of hydrogen-bond acceptors (Lipinski definition) is 6. The number of amides is 1. The lowest BCUT2D eigenvalue weighted by atomic mass is 9.96. The Kier molecular flexibility index (Phi) is 10.4. The summed E-state index contributed by atoms with van der Waals surface area (Å²) in [6.45, 7) is 5.88. The number of aliphatic hydroxyl groups is 1. The first-order valence-corrected chi connectivity index (χ1v) is 13.2. The van der Waals surface area contributed by atoms with Crippen molar-refractivity contribution >= 4 is 11.9 Å². The monoisotopic (exact) mass is 511 g/mol. The third-order valence-electron chi connectivity index (χ3n) is 6.69. The molecule has 0 saturated heterocycles. The Labute approximate surface area is 220 Å².